The molecule has 1 saturated heterocycles. The van der Waals surface area contributed by atoms with Crippen molar-refractivity contribution < 1.29 is 18.4 Å². The van der Waals surface area contributed by atoms with Gasteiger partial charge in [0.05, 0.1) is 0 Å². The van der Waals surface area contributed by atoms with Crippen LogP contribution in [0, 0.1) is 18.6 Å². The second-order valence-corrected chi connectivity index (χ2v) is 6.71. The van der Waals surface area contributed by atoms with Crippen LogP contribution >= 0.6 is 11.6 Å². The molecule has 0 aromatic heterocycles. The van der Waals surface area contributed by atoms with E-state index in [2.05, 4.69) is 5.32 Å². The third-order valence-electron chi connectivity index (χ3n) is 4.44. The molecule has 0 atom stereocenters. The quantitative estimate of drug-likeness (QED) is 0.840. The SMILES string of the molecule is Cc1ccc(NC(=O)N2CCN(C(=O)c3ccc(F)c(F)c3)CC2)cc1Cl. The Hall–Kier alpha value is -2.67. The average Bonchev–Trinajstić information content (AvgIpc) is 2.66. The smallest absolute Gasteiger partial charge is 0.321 e. The Morgan fingerprint density at radius 3 is 2.26 bits per heavy atom. The van der Waals surface area contributed by atoms with Crippen LogP contribution < -0.4 is 5.32 Å². The van der Waals surface area contributed by atoms with E-state index in [4.69, 9.17) is 11.6 Å². The molecule has 0 unspecified atom stereocenters. The van der Waals surface area contributed by atoms with E-state index in [1.807, 2.05) is 13.0 Å². The first-order valence-corrected chi connectivity index (χ1v) is 8.79. The molecule has 2 aromatic carbocycles. The summed E-state index contributed by atoms with van der Waals surface area (Å²) in [5.41, 5.74) is 1.59. The lowest BCUT2D eigenvalue weighted by Crippen LogP contribution is -2.51. The van der Waals surface area contributed by atoms with E-state index in [-0.39, 0.29) is 17.5 Å². The molecule has 0 spiro atoms. The van der Waals surface area contributed by atoms with Crippen molar-refractivity contribution in [3.8, 4) is 0 Å². The average molecular weight is 394 g/mol. The van der Waals surface area contributed by atoms with Crippen molar-refractivity contribution in [2.45, 2.75) is 6.92 Å². The van der Waals surface area contributed by atoms with Crippen LogP contribution in [0.25, 0.3) is 0 Å². The third kappa shape index (κ3) is 4.36. The summed E-state index contributed by atoms with van der Waals surface area (Å²) < 4.78 is 26.3. The van der Waals surface area contributed by atoms with Gasteiger partial charge in [0.15, 0.2) is 11.6 Å². The van der Waals surface area contributed by atoms with Gasteiger partial charge in [0.1, 0.15) is 0 Å². The summed E-state index contributed by atoms with van der Waals surface area (Å²) in [5, 5.41) is 3.34. The van der Waals surface area contributed by atoms with Crippen LogP contribution in [0.4, 0.5) is 19.3 Å². The third-order valence-corrected chi connectivity index (χ3v) is 4.85. The number of carbonyl (C=O) groups is 2. The minimum absolute atomic E-state index is 0.0844. The van der Waals surface area contributed by atoms with Crippen molar-refractivity contribution in [2.24, 2.45) is 0 Å². The predicted octanol–water partition coefficient (Wildman–Crippen LogP) is 3.92. The Morgan fingerprint density at radius 2 is 1.63 bits per heavy atom. The van der Waals surface area contributed by atoms with Crippen molar-refractivity contribution in [3.05, 3.63) is 64.2 Å². The maximum Gasteiger partial charge on any atom is 0.321 e. The van der Waals surface area contributed by atoms with Crippen molar-refractivity contribution in [1.82, 2.24) is 9.80 Å². The number of nitrogens with zero attached hydrogens (tertiary/aromatic N) is 2. The molecule has 0 saturated carbocycles. The maximum atomic E-state index is 13.3. The number of hydrogen-bond donors (Lipinski definition) is 1. The van der Waals surface area contributed by atoms with Crippen molar-refractivity contribution in [3.63, 3.8) is 0 Å². The number of urea groups is 1. The van der Waals surface area contributed by atoms with E-state index in [1.165, 1.54) is 11.0 Å². The molecule has 3 rings (SSSR count). The molecular weight excluding hydrogens is 376 g/mol. The molecule has 1 fully saturated rings. The monoisotopic (exact) mass is 393 g/mol. The normalized spacial score (nSPS) is 14.2. The number of nitrogens with one attached hydrogen (secondary N) is 1. The highest BCUT2D eigenvalue weighted by molar-refractivity contribution is 6.31. The Kier molecular flexibility index (Phi) is 5.60. The molecule has 5 nitrogen and oxygen atoms in total. The molecule has 1 aliphatic heterocycles. The molecule has 3 amide bonds. The van der Waals surface area contributed by atoms with Crippen molar-refractivity contribution in [2.75, 3.05) is 31.5 Å². The second kappa shape index (κ2) is 7.92. The first-order valence-electron chi connectivity index (χ1n) is 8.41. The van der Waals surface area contributed by atoms with Gasteiger partial charge >= 0.3 is 6.03 Å². The van der Waals surface area contributed by atoms with Crippen LogP contribution in [0.1, 0.15) is 15.9 Å². The Morgan fingerprint density at radius 1 is 0.963 bits per heavy atom. The van der Waals surface area contributed by atoms with Gasteiger partial charge in [-0.15, -0.1) is 0 Å². The number of benzene rings is 2. The molecule has 2 aromatic rings. The zero-order valence-corrected chi connectivity index (χ0v) is 15.4. The van der Waals surface area contributed by atoms with E-state index in [1.54, 1.807) is 17.0 Å². The molecule has 0 aliphatic carbocycles. The molecule has 1 aliphatic rings. The molecular formula is C19H18ClF2N3O2. The lowest BCUT2D eigenvalue weighted by Gasteiger charge is -2.34. The van der Waals surface area contributed by atoms with Gasteiger partial charge in [-0.1, -0.05) is 17.7 Å². The number of carbonyl (C=O) groups excluding carboxylic acids is 2. The highest BCUT2D eigenvalue weighted by atomic mass is 35.5. The first kappa shape index (κ1) is 19.1. The van der Waals surface area contributed by atoms with Gasteiger partial charge in [-0.2, -0.15) is 0 Å². The second-order valence-electron chi connectivity index (χ2n) is 6.30. The van der Waals surface area contributed by atoms with Gasteiger partial charge in [-0.25, -0.2) is 13.6 Å². The zero-order valence-electron chi connectivity index (χ0n) is 14.6. The Bertz CT molecular complexity index is 883. The van der Waals surface area contributed by atoms with Gasteiger partial charge in [0.2, 0.25) is 0 Å². The summed E-state index contributed by atoms with van der Waals surface area (Å²) in [6.07, 6.45) is 0. The molecule has 27 heavy (non-hydrogen) atoms. The van der Waals surface area contributed by atoms with E-state index >= 15 is 0 Å². The van der Waals surface area contributed by atoms with Crippen LogP contribution in [-0.4, -0.2) is 47.9 Å². The summed E-state index contributed by atoms with van der Waals surface area (Å²) in [5.74, 6) is -2.45. The largest absolute Gasteiger partial charge is 0.335 e. The molecule has 1 N–H and O–H groups in total. The number of piperazine rings is 1. The first-order chi connectivity index (χ1) is 12.8. The fourth-order valence-corrected chi connectivity index (χ4v) is 2.98. The minimum Gasteiger partial charge on any atom is -0.335 e. The number of anilines is 1. The van der Waals surface area contributed by atoms with E-state index in [9.17, 15) is 18.4 Å². The molecule has 0 radical (unpaired) electrons. The van der Waals surface area contributed by atoms with Crippen LogP contribution in [0.3, 0.4) is 0 Å². The molecule has 1 heterocycles. The zero-order chi connectivity index (χ0) is 19.6. The molecule has 0 bridgehead atoms. The summed E-state index contributed by atoms with van der Waals surface area (Å²) >= 11 is 6.06. The summed E-state index contributed by atoms with van der Waals surface area (Å²) in [4.78, 5) is 27.9. The molecule has 8 heteroatoms. The lowest BCUT2D eigenvalue weighted by molar-refractivity contribution is 0.0671. The predicted molar refractivity (Wildman–Crippen MR) is 99.0 cm³/mol. The van der Waals surface area contributed by atoms with E-state index in [0.717, 1.165) is 17.7 Å². The van der Waals surface area contributed by atoms with Crippen molar-refractivity contribution in [1.29, 1.82) is 0 Å². The summed E-state index contributed by atoms with van der Waals surface area (Å²) in [6, 6.07) is 8.04. The summed E-state index contributed by atoms with van der Waals surface area (Å²) in [7, 11) is 0. The molecule has 142 valence electrons. The Balaban J connectivity index is 1.57. The van der Waals surface area contributed by atoms with Crippen LogP contribution in [-0.2, 0) is 0 Å². The number of rotatable bonds is 2. The highest BCUT2D eigenvalue weighted by Gasteiger charge is 2.25. The lowest BCUT2D eigenvalue weighted by atomic mass is 10.1. The van der Waals surface area contributed by atoms with E-state index in [0.29, 0.717) is 36.9 Å². The van der Waals surface area contributed by atoms with Gasteiger partial charge < -0.3 is 15.1 Å². The Labute approximate surface area is 160 Å². The van der Waals surface area contributed by atoms with Gasteiger partial charge in [0, 0.05) is 42.5 Å². The van der Waals surface area contributed by atoms with E-state index < -0.39 is 11.6 Å². The number of amides is 3. The number of aryl methyl sites for hydroxylation is 1. The minimum atomic E-state index is -1.06. The standard InChI is InChI=1S/C19H18ClF2N3O2/c1-12-2-4-14(11-15(12)20)23-19(27)25-8-6-24(7-9-25)18(26)13-3-5-16(21)17(22)10-13/h2-5,10-11H,6-9H2,1H3,(H,23,27). The maximum absolute atomic E-state index is 13.3. The topological polar surface area (TPSA) is 52.7 Å². The van der Waals surface area contributed by atoms with Crippen LogP contribution in [0.5, 0.6) is 0 Å². The van der Waals surface area contributed by atoms with Crippen LogP contribution in [0.2, 0.25) is 5.02 Å². The van der Waals surface area contributed by atoms with Gasteiger partial charge in [0.25, 0.3) is 5.91 Å². The van der Waals surface area contributed by atoms with Gasteiger partial charge in [-0.05, 0) is 42.8 Å². The fraction of sp³-hybridized carbons (Fsp3) is 0.263. The fourth-order valence-electron chi connectivity index (χ4n) is 2.80. The number of halogens is 3. The van der Waals surface area contributed by atoms with Crippen LogP contribution in [0.15, 0.2) is 36.4 Å². The van der Waals surface area contributed by atoms with Gasteiger partial charge in [-0.3, -0.25) is 4.79 Å². The highest BCUT2D eigenvalue weighted by Crippen LogP contribution is 2.20. The van der Waals surface area contributed by atoms with Crippen molar-refractivity contribution >= 4 is 29.2 Å². The summed E-state index contributed by atoms with van der Waals surface area (Å²) in [6.45, 7) is 3.15. The number of hydrogen-bond acceptors (Lipinski definition) is 2.